The van der Waals surface area contributed by atoms with Crippen LogP contribution in [0.1, 0.15) is 12.5 Å². The molecule has 1 N–H and O–H groups in total. The number of nitrogens with one attached hydrogen (secondary N) is 1. The second-order valence-electron chi connectivity index (χ2n) is 6.79. The Labute approximate surface area is 180 Å². The first-order valence-electron chi connectivity index (χ1n) is 9.28. The van der Waals surface area contributed by atoms with Crippen LogP contribution in [0.15, 0.2) is 47.6 Å². The summed E-state index contributed by atoms with van der Waals surface area (Å²) in [7, 11) is 4.01. The number of aryl methyl sites for hydroxylation is 1. The number of carbonyl (C=O) groups is 1. The average Bonchev–Trinajstić information content (AvgIpc) is 3.12. The standard InChI is InChI=1S/C21H24ClN5OS/c1-5-27-20(15-7-6-8-17(11-15)26(3)4)24-25-21(27)29-13-19(28)23-18-12-16(22)10-9-14(18)2/h6-12H,5,13H2,1-4H3,(H,23,28). The number of carbonyl (C=O) groups excluding carboxylic acids is 1. The van der Waals surface area contributed by atoms with Gasteiger partial charge in [0.05, 0.1) is 5.75 Å². The Morgan fingerprint density at radius 2 is 2.00 bits per heavy atom. The molecule has 0 saturated carbocycles. The zero-order chi connectivity index (χ0) is 21.0. The summed E-state index contributed by atoms with van der Waals surface area (Å²) in [5.41, 5.74) is 3.78. The van der Waals surface area contributed by atoms with Crippen LogP contribution in [0.3, 0.4) is 0 Å². The average molecular weight is 430 g/mol. The molecule has 29 heavy (non-hydrogen) atoms. The number of benzene rings is 2. The molecule has 152 valence electrons. The van der Waals surface area contributed by atoms with Gasteiger partial charge in [-0.2, -0.15) is 0 Å². The quantitative estimate of drug-likeness (QED) is 0.550. The van der Waals surface area contributed by atoms with Crippen LogP contribution < -0.4 is 10.2 Å². The molecule has 0 unspecified atom stereocenters. The molecule has 0 radical (unpaired) electrons. The maximum absolute atomic E-state index is 12.4. The maximum Gasteiger partial charge on any atom is 0.234 e. The van der Waals surface area contributed by atoms with Crippen LogP contribution >= 0.6 is 23.4 Å². The normalized spacial score (nSPS) is 10.8. The van der Waals surface area contributed by atoms with Crippen molar-refractivity contribution < 1.29 is 4.79 Å². The molecule has 1 aromatic heterocycles. The van der Waals surface area contributed by atoms with E-state index in [9.17, 15) is 4.79 Å². The number of nitrogens with zero attached hydrogens (tertiary/aromatic N) is 4. The Bertz CT molecular complexity index is 1020. The molecule has 8 heteroatoms. The fourth-order valence-electron chi connectivity index (χ4n) is 2.86. The SMILES string of the molecule is CCn1c(SCC(=O)Nc2cc(Cl)ccc2C)nnc1-c1cccc(N(C)C)c1. The van der Waals surface area contributed by atoms with Gasteiger partial charge in [0.15, 0.2) is 11.0 Å². The highest BCUT2D eigenvalue weighted by Crippen LogP contribution is 2.27. The predicted octanol–water partition coefficient (Wildman–Crippen LogP) is 4.72. The van der Waals surface area contributed by atoms with Gasteiger partial charge >= 0.3 is 0 Å². The van der Waals surface area contributed by atoms with E-state index in [-0.39, 0.29) is 11.7 Å². The number of aromatic nitrogens is 3. The molecule has 2 aromatic carbocycles. The summed E-state index contributed by atoms with van der Waals surface area (Å²) in [6, 6.07) is 13.6. The van der Waals surface area contributed by atoms with Crippen molar-refractivity contribution in [1.29, 1.82) is 0 Å². The molecule has 0 aliphatic carbocycles. The van der Waals surface area contributed by atoms with E-state index in [1.807, 2.05) is 61.7 Å². The van der Waals surface area contributed by atoms with Crippen LogP contribution in [0.4, 0.5) is 11.4 Å². The second-order valence-corrected chi connectivity index (χ2v) is 8.17. The number of hydrogen-bond acceptors (Lipinski definition) is 5. The van der Waals surface area contributed by atoms with Gasteiger partial charge in [-0.05, 0) is 43.7 Å². The first kappa shape index (κ1) is 21.2. The van der Waals surface area contributed by atoms with E-state index < -0.39 is 0 Å². The summed E-state index contributed by atoms with van der Waals surface area (Å²) in [5.74, 6) is 0.925. The predicted molar refractivity (Wildman–Crippen MR) is 121 cm³/mol. The third-order valence-corrected chi connectivity index (χ3v) is 5.66. The Hall–Kier alpha value is -2.51. The van der Waals surface area contributed by atoms with Crippen LogP contribution in [0.5, 0.6) is 0 Å². The number of anilines is 2. The van der Waals surface area contributed by atoms with E-state index in [1.54, 1.807) is 12.1 Å². The topological polar surface area (TPSA) is 63.1 Å². The molecule has 0 aliphatic heterocycles. The van der Waals surface area contributed by atoms with Crippen molar-refractivity contribution in [2.45, 2.75) is 25.5 Å². The van der Waals surface area contributed by atoms with Gasteiger partial charge in [0.25, 0.3) is 0 Å². The number of hydrogen-bond donors (Lipinski definition) is 1. The van der Waals surface area contributed by atoms with Crippen molar-refractivity contribution >= 4 is 40.6 Å². The second kappa shape index (κ2) is 9.33. The highest BCUT2D eigenvalue weighted by atomic mass is 35.5. The summed E-state index contributed by atoms with van der Waals surface area (Å²) in [5, 5.41) is 12.9. The van der Waals surface area contributed by atoms with E-state index in [4.69, 9.17) is 11.6 Å². The lowest BCUT2D eigenvalue weighted by atomic mass is 10.2. The molecule has 1 heterocycles. The van der Waals surface area contributed by atoms with Gasteiger partial charge in [-0.25, -0.2) is 0 Å². The van der Waals surface area contributed by atoms with Crippen molar-refractivity contribution in [3.8, 4) is 11.4 Å². The van der Waals surface area contributed by atoms with Gasteiger partial charge < -0.3 is 14.8 Å². The highest BCUT2D eigenvalue weighted by Gasteiger charge is 2.15. The van der Waals surface area contributed by atoms with E-state index in [0.717, 1.165) is 33.5 Å². The monoisotopic (exact) mass is 429 g/mol. The van der Waals surface area contributed by atoms with Crippen molar-refractivity contribution in [2.75, 3.05) is 30.1 Å². The minimum Gasteiger partial charge on any atom is -0.378 e. The zero-order valence-corrected chi connectivity index (χ0v) is 18.5. The molecular formula is C21H24ClN5OS. The Morgan fingerprint density at radius 1 is 1.21 bits per heavy atom. The molecule has 6 nitrogen and oxygen atoms in total. The van der Waals surface area contributed by atoms with Crippen molar-refractivity contribution in [3.05, 3.63) is 53.1 Å². The van der Waals surface area contributed by atoms with E-state index in [2.05, 4.69) is 21.6 Å². The first-order valence-corrected chi connectivity index (χ1v) is 10.6. The van der Waals surface area contributed by atoms with Crippen molar-refractivity contribution in [3.63, 3.8) is 0 Å². The number of thioether (sulfide) groups is 1. The van der Waals surface area contributed by atoms with Crippen molar-refractivity contribution in [2.24, 2.45) is 0 Å². The summed E-state index contributed by atoms with van der Waals surface area (Å²) in [6.45, 7) is 4.69. The largest absolute Gasteiger partial charge is 0.378 e. The van der Waals surface area contributed by atoms with Gasteiger partial charge in [-0.3, -0.25) is 4.79 Å². The molecule has 3 rings (SSSR count). The molecule has 0 spiro atoms. The van der Waals surface area contributed by atoms with Crippen LogP contribution in [0.25, 0.3) is 11.4 Å². The lowest BCUT2D eigenvalue weighted by Crippen LogP contribution is -2.15. The summed E-state index contributed by atoms with van der Waals surface area (Å²) in [6.07, 6.45) is 0. The Balaban J connectivity index is 1.73. The van der Waals surface area contributed by atoms with E-state index in [0.29, 0.717) is 11.6 Å². The van der Waals surface area contributed by atoms with Crippen LogP contribution in [0, 0.1) is 6.92 Å². The number of rotatable bonds is 7. The molecule has 0 saturated heterocycles. The summed E-state index contributed by atoms with van der Waals surface area (Å²) >= 11 is 7.39. The summed E-state index contributed by atoms with van der Waals surface area (Å²) in [4.78, 5) is 14.5. The zero-order valence-electron chi connectivity index (χ0n) is 16.9. The third-order valence-electron chi connectivity index (χ3n) is 4.46. The lowest BCUT2D eigenvalue weighted by molar-refractivity contribution is -0.113. The fourth-order valence-corrected chi connectivity index (χ4v) is 3.84. The van der Waals surface area contributed by atoms with Crippen LogP contribution in [-0.4, -0.2) is 40.5 Å². The maximum atomic E-state index is 12.4. The number of amides is 1. The molecule has 1 amide bonds. The molecule has 0 aliphatic rings. The van der Waals surface area contributed by atoms with Gasteiger partial charge in [-0.15, -0.1) is 10.2 Å². The van der Waals surface area contributed by atoms with Crippen LogP contribution in [0.2, 0.25) is 5.02 Å². The third kappa shape index (κ3) is 5.10. The molecular weight excluding hydrogens is 406 g/mol. The van der Waals surface area contributed by atoms with Crippen LogP contribution in [-0.2, 0) is 11.3 Å². The van der Waals surface area contributed by atoms with Gasteiger partial charge in [0.1, 0.15) is 0 Å². The summed E-state index contributed by atoms with van der Waals surface area (Å²) < 4.78 is 2.03. The van der Waals surface area contributed by atoms with E-state index >= 15 is 0 Å². The van der Waals surface area contributed by atoms with E-state index in [1.165, 1.54) is 11.8 Å². The Morgan fingerprint density at radius 3 is 2.72 bits per heavy atom. The number of halogens is 1. The lowest BCUT2D eigenvalue weighted by Gasteiger charge is -2.14. The fraction of sp³-hybridized carbons (Fsp3) is 0.286. The molecule has 0 bridgehead atoms. The molecule has 0 fully saturated rings. The first-order chi connectivity index (χ1) is 13.9. The molecule has 3 aromatic rings. The Kier molecular flexibility index (Phi) is 6.82. The minimum absolute atomic E-state index is 0.109. The van der Waals surface area contributed by atoms with Gasteiger partial charge in [0.2, 0.25) is 5.91 Å². The highest BCUT2D eigenvalue weighted by molar-refractivity contribution is 7.99. The van der Waals surface area contributed by atoms with Gasteiger partial charge in [0, 0.05) is 42.6 Å². The smallest absolute Gasteiger partial charge is 0.234 e. The van der Waals surface area contributed by atoms with Gasteiger partial charge in [-0.1, -0.05) is 41.6 Å². The van der Waals surface area contributed by atoms with Crippen molar-refractivity contribution in [1.82, 2.24) is 14.8 Å². The minimum atomic E-state index is -0.109. The molecule has 0 atom stereocenters.